The van der Waals surface area contributed by atoms with Crippen LogP contribution in [-0.2, 0) is 14.3 Å². The number of carbonyl (C=O) groups is 2. The molecule has 0 aliphatic carbocycles. The fraction of sp³-hybridized carbons (Fsp3) is 0.444. The highest BCUT2D eigenvalue weighted by Gasteiger charge is 2.60. The molecule has 0 bridgehead atoms. The minimum Gasteiger partial charge on any atom is -0.468 e. The van der Waals surface area contributed by atoms with E-state index in [9.17, 15) is 19.7 Å². The van der Waals surface area contributed by atoms with Crippen molar-refractivity contribution in [2.24, 2.45) is 0 Å². The van der Waals surface area contributed by atoms with Crippen LogP contribution in [0.25, 0.3) is 0 Å². The zero-order chi connectivity index (χ0) is 19.1. The number of nitro groups is 1. The molecule has 0 N–H and O–H groups in total. The third-order valence-electron chi connectivity index (χ3n) is 5.19. The van der Waals surface area contributed by atoms with Crippen LogP contribution in [-0.4, -0.2) is 53.1 Å². The van der Waals surface area contributed by atoms with Crippen LogP contribution in [0.15, 0.2) is 36.4 Å². The van der Waals surface area contributed by atoms with E-state index in [1.165, 1.54) is 31.4 Å². The van der Waals surface area contributed by atoms with Gasteiger partial charge in [-0.1, -0.05) is 12.2 Å². The number of methoxy groups -OCH3 is 1. The van der Waals surface area contributed by atoms with Gasteiger partial charge >= 0.3 is 11.9 Å². The molecule has 2 aliphatic rings. The highest BCUT2D eigenvalue weighted by Crippen LogP contribution is 2.46. The summed E-state index contributed by atoms with van der Waals surface area (Å²) in [6, 6.07) is 5.06. The molecule has 8 nitrogen and oxygen atoms in total. The number of hydrogen-bond donors (Lipinski definition) is 0. The lowest BCUT2D eigenvalue weighted by molar-refractivity contribution is -0.384. The summed E-state index contributed by atoms with van der Waals surface area (Å²) in [7, 11) is 1.34. The van der Waals surface area contributed by atoms with Gasteiger partial charge in [-0.15, -0.1) is 0 Å². The van der Waals surface area contributed by atoms with Gasteiger partial charge in [-0.05, 0) is 25.5 Å². The number of benzene rings is 1. The van der Waals surface area contributed by atoms with Gasteiger partial charge in [0, 0.05) is 31.1 Å². The van der Waals surface area contributed by atoms with Gasteiger partial charge < -0.3 is 9.47 Å². The first-order valence-electron chi connectivity index (χ1n) is 8.26. The first-order chi connectivity index (χ1) is 12.3. The summed E-state index contributed by atoms with van der Waals surface area (Å²) in [4.78, 5) is 37.0. The molecule has 0 amide bonds. The fourth-order valence-electron chi connectivity index (χ4n) is 3.92. The van der Waals surface area contributed by atoms with E-state index in [0.29, 0.717) is 19.4 Å². The highest BCUT2D eigenvalue weighted by molar-refractivity contribution is 5.90. The molecule has 0 aromatic heterocycles. The molecule has 1 aromatic rings. The Morgan fingerprint density at radius 2 is 2.00 bits per heavy atom. The van der Waals surface area contributed by atoms with Gasteiger partial charge in [0.1, 0.15) is 11.6 Å². The van der Waals surface area contributed by atoms with E-state index in [-0.39, 0.29) is 23.3 Å². The van der Waals surface area contributed by atoms with Crippen molar-refractivity contribution in [2.75, 3.05) is 13.7 Å². The largest absolute Gasteiger partial charge is 0.468 e. The molecule has 2 heterocycles. The van der Waals surface area contributed by atoms with Crippen LogP contribution in [0.5, 0.6) is 0 Å². The lowest BCUT2D eigenvalue weighted by Gasteiger charge is -2.29. The zero-order valence-corrected chi connectivity index (χ0v) is 14.6. The van der Waals surface area contributed by atoms with E-state index in [0.717, 1.165) is 5.57 Å². The van der Waals surface area contributed by atoms with Crippen molar-refractivity contribution in [3.63, 3.8) is 0 Å². The van der Waals surface area contributed by atoms with Gasteiger partial charge in [-0.3, -0.25) is 19.8 Å². The summed E-state index contributed by atoms with van der Waals surface area (Å²) >= 11 is 0. The molecule has 3 atom stereocenters. The predicted octanol–water partition coefficient (Wildman–Crippen LogP) is 2.09. The molecule has 2 aliphatic heterocycles. The minimum atomic E-state index is -0.842. The Bertz CT molecular complexity index is 774. The molecule has 26 heavy (non-hydrogen) atoms. The average molecular weight is 360 g/mol. The standard InChI is InChI=1S/C18H20N2O6/c1-11-8-18(17(22)25-3)9-15(12(2)19(18)10-11)26-16(21)13-4-6-14(7-5-13)20(23)24/h4-7,12,15H,1,8-10H2,2-3H3/t12-,15+,18-/m1/s1. The van der Waals surface area contributed by atoms with Crippen LogP contribution in [0.1, 0.15) is 30.1 Å². The van der Waals surface area contributed by atoms with Gasteiger partial charge in [-0.2, -0.15) is 0 Å². The van der Waals surface area contributed by atoms with Crippen molar-refractivity contribution in [1.82, 2.24) is 4.90 Å². The van der Waals surface area contributed by atoms with Gasteiger partial charge in [-0.25, -0.2) is 4.79 Å². The van der Waals surface area contributed by atoms with E-state index < -0.39 is 22.5 Å². The van der Waals surface area contributed by atoms with Crippen molar-refractivity contribution >= 4 is 17.6 Å². The Kier molecular flexibility index (Phi) is 4.53. The zero-order valence-electron chi connectivity index (χ0n) is 14.6. The summed E-state index contributed by atoms with van der Waals surface area (Å²) in [5, 5.41) is 10.7. The van der Waals surface area contributed by atoms with E-state index in [1.54, 1.807) is 0 Å². The normalized spacial score (nSPS) is 27.8. The van der Waals surface area contributed by atoms with E-state index in [2.05, 4.69) is 6.58 Å². The number of esters is 2. The van der Waals surface area contributed by atoms with E-state index in [4.69, 9.17) is 9.47 Å². The molecule has 0 saturated carbocycles. The minimum absolute atomic E-state index is 0.0976. The molecule has 2 saturated heterocycles. The number of nitrogens with zero attached hydrogens (tertiary/aromatic N) is 2. The van der Waals surface area contributed by atoms with E-state index >= 15 is 0 Å². The Morgan fingerprint density at radius 3 is 2.58 bits per heavy atom. The Labute approximate surface area is 150 Å². The van der Waals surface area contributed by atoms with Gasteiger partial charge in [0.05, 0.1) is 17.6 Å². The summed E-state index contributed by atoms with van der Waals surface area (Å²) < 4.78 is 10.6. The smallest absolute Gasteiger partial charge is 0.338 e. The Hall–Kier alpha value is -2.74. The Balaban J connectivity index is 1.76. The number of ether oxygens (including phenoxy) is 2. The first-order valence-corrected chi connectivity index (χ1v) is 8.26. The SMILES string of the molecule is C=C1CN2[C@H](C)[C@@H](OC(=O)c3ccc([N+](=O)[O-])cc3)C[C@@]2(C(=O)OC)C1. The van der Waals surface area contributed by atoms with Gasteiger partial charge in [0.15, 0.2) is 0 Å². The maximum absolute atomic E-state index is 12.4. The lowest BCUT2D eigenvalue weighted by atomic mass is 9.92. The fourth-order valence-corrected chi connectivity index (χ4v) is 3.92. The van der Waals surface area contributed by atoms with Crippen LogP contribution >= 0.6 is 0 Å². The highest BCUT2D eigenvalue weighted by atomic mass is 16.6. The second-order valence-corrected chi connectivity index (χ2v) is 6.77. The average Bonchev–Trinajstić information content (AvgIpc) is 3.08. The third kappa shape index (κ3) is 2.86. The second kappa shape index (κ2) is 6.53. The number of hydrogen-bond acceptors (Lipinski definition) is 7. The number of carbonyl (C=O) groups excluding carboxylic acids is 2. The molecule has 0 unspecified atom stereocenters. The van der Waals surface area contributed by atoms with Crippen molar-refractivity contribution < 1.29 is 24.0 Å². The Morgan fingerprint density at radius 1 is 1.35 bits per heavy atom. The maximum Gasteiger partial charge on any atom is 0.338 e. The van der Waals surface area contributed by atoms with Crippen molar-refractivity contribution in [3.05, 3.63) is 52.1 Å². The maximum atomic E-state index is 12.4. The molecular formula is C18H20N2O6. The van der Waals surface area contributed by atoms with Crippen LogP contribution in [0.2, 0.25) is 0 Å². The number of non-ortho nitro benzene ring substituents is 1. The number of nitro benzene ring substituents is 1. The van der Waals surface area contributed by atoms with Gasteiger partial charge in [0.2, 0.25) is 0 Å². The molecule has 3 rings (SSSR count). The summed E-state index contributed by atoms with van der Waals surface area (Å²) in [5.74, 6) is -0.923. The van der Waals surface area contributed by atoms with Crippen LogP contribution in [0, 0.1) is 10.1 Å². The summed E-state index contributed by atoms with van der Waals surface area (Å²) in [5.41, 5.74) is 0.236. The van der Waals surface area contributed by atoms with Crippen molar-refractivity contribution in [2.45, 2.75) is 37.5 Å². The number of rotatable bonds is 4. The third-order valence-corrected chi connectivity index (χ3v) is 5.19. The molecule has 2 fully saturated rings. The molecule has 1 aromatic carbocycles. The van der Waals surface area contributed by atoms with Crippen LogP contribution in [0.4, 0.5) is 5.69 Å². The molecule has 0 spiro atoms. The number of fused-ring (bicyclic) bond motifs is 1. The van der Waals surface area contributed by atoms with Crippen LogP contribution < -0.4 is 0 Å². The first kappa shape index (κ1) is 18.1. The van der Waals surface area contributed by atoms with E-state index in [1.807, 2.05) is 11.8 Å². The van der Waals surface area contributed by atoms with Crippen molar-refractivity contribution in [1.29, 1.82) is 0 Å². The predicted molar refractivity (Wildman–Crippen MR) is 91.6 cm³/mol. The molecule has 8 heteroatoms. The summed E-state index contributed by atoms with van der Waals surface area (Å²) in [6.07, 6.45) is 0.332. The topological polar surface area (TPSA) is 99.0 Å². The lowest BCUT2D eigenvalue weighted by Crippen LogP contribution is -2.48. The van der Waals surface area contributed by atoms with Crippen molar-refractivity contribution in [3.8, 4) is 0 Å². The monoisotopic (exact) mass is 360 g/mol. The molecule has 138 valence electrons. The second-order valence-electron chi connectivity index (χ2n) is 6.77. The quantitative estimate of drug-likeness (QED) is 0.351. The van der Waals surface area contributed by atoms with Gasteiger partial charge in [0.25, 0.3) is 5.69 Å². The molecular weight excluding hydrogens is 340 g/mol. The summed E-state index contributed by atoms with van der Waals surface area (Å²) in [6.45, 7) is 6.43. The molecule has 0 radical (unpaired) electrons. The van der Waals surface area contributed by atoms with Crippen LogP contribution in [0.3, 0.4) is 0 Å².